The second-order valence-corrected chi connectivity index (χ2v) is 4.49. The van der Waals surface area contributed by atoms with E-state index < -0.39 is 0 Å². The van der Waals surface area contributed by atoms with Gasteiger partial charge in [-0.2, -0.15) is 5.10 Å². The van der Waals surface area contributed by atoms with E-state index in [4.69, 9.17) is 5.10 Å². The molecule has 0 spiro atoms. The average molecular weight is 192 g/mol. The first-order valence-corrected chi connectivity index (χ1v) is 5.82. The Hall–Kier alpha value is -0.790. The fourth-order valence-electron chi connectivity index (χ4n) is 2.52. The molecule has 14 heavy (non-hydrogen) atoms. The Labute approximate surface area is 86.3 Å². The van der Waals surface area contributed by atoms with Crippen LogP contribution in [-0.4, -0.2) is 9.78 Å². The smallest absolute Gasteiger partial charge is 0.0659 e. The van der Waals surface area contributed by atoms with Gasteiger partial charge in [0.1, 0.15) is 0 Å². The van der Waals surface area contributed by atoms with Crippen molar-refractivity contribution in [2.45, 2.75) is 58.9 Å². The van der Waals surface area contributed by atoms with E-state index in [-0.39, 0.29) is 0 Å². The molecular weight excluding hydrogens is 172 g/mol. The van der Waals surface area contributed by atoms with Crippen molar-refractivity contribution >= 4 is 0 Å². The molecule has 0 saturated heterocycles. The van der Waals surface area contributed by atoms with Crippen molar-refractivity contribution in [3.63, 3.8) is 0 Å². The summed E-state index contributed by atoms with van der Waals surface area (Å²) in [6, 6.07) is 0. The van der Waals surface area contributed by atoms with Crippen molar-refractivity contribution < 1.29 is 0 Å². The molecule has 1 heterocycles. The van der Waals surface area contributed by atoms with E-state index >= 15 is 0 Å². The number of hydrogen-bond acceptors (Lipinski definition) is 1. The molecular formula is C12H20N2. The van der Waals surface area contributed by atoms with Gasteiger partial charge in [0.15, 0.2) is 0 Å². The van der Waals surface area contributed by atoms with E-state index in [1.807, 2.05) is 0 Å². The Morgan fingerprint density at radius 3 is 2.64 bits per heavy atom. The zero-order chi connectivity index (χ0) is 10.1. The SMILES string of the molecule is CCn1nc2c(c1C(C)C)CCCC2. The molecule has 1 aliphatic rings. The highest BCUT2D eigenvalue weighted by Crippen LogP contribution is 2.28. The highest BCUT2D eigenvalue weighted by Gasteiger charge is 2.21. The zero-order valence-corrected chi connectivity index (χ0v) is 9.51. The second kappa shape index (κ2) is 3.76. The number of aromatic nitrogens is 2. The number of nitrogens with zero attached hydrogens (tertiary/aromatic N) is 2. The highest BCUT2D eigenvalue weighted by atomic mass is 15.3. The Morgan fingerprint density at radius 2 is 2.00 bits per heavy atom. The van der Waals surface area contributed by atoms with Crippen LogP contribution in [0, 0.1) is 0 Å². The molecule has 0 aliphatic heterocycles. The van der Waals surface area contributed by atoms with Crippen LogP contribution in [0.1, 0.15) is 56.5 Å². The molecule has 0 aromatic carbocycles. The maximum Gasteiger partial charge on any atom is 0.0659 e. The van der Waals surface area contributed by atoms with Gasteiger partial charge >= 0.3 is 0 Å². The minimum atomic E-state index is 0.615. The van der Waals surface area contributed by atoms with E-state index in [0.29, 0.717) is 5.92 Å². The molecule has 2 rings (SSSR count). The van der Waals surface area contributed by atoms with Gasteiger partial charge in [0.25, 0.3) is 0 Å². The second-order valence-electron chi connectivity index (χ2n) is 4.49. The van der Waals surface area contributed by atoms with Crippen molar-refractivity contribution in [1.82, 2.24) is 9.78 Å². The lowest BCUT2D eigenvalue weighted by Gasteiger charge is -2.13. The average Bonchev–Trinajstić information content (AvgIpc) is 2.55. The van der Waals surface area contributed by atoms with Crippen LogP contribution in [0.25, 0.3) is 0 Å². The summed E-state index contributed by atoms with van der Waals surface area (Å²) in [6.07, 6.45) is 5.12. The Bertz CT molecular complexity index is 323. The van der Waals surface area contributed by atoms with Gasteiger partial charge in [-0.1, -0.05) is 13.8 Å². The number of rotatable bonds is 2. The molecule has 0 N–H and O–H groups in total. The Balaban J connectivity index is 2.48. The third kappa shape index (κ3) is 1.47. The monoisotopic (exact) mass is 192 g/mol. The summed E-state index contributed by atoms with van der Waals surface area (Å²) in [4.78, 5) is 0. The molecule has 0 unspecified atom stereocenters. The maximum atomic E-state index is 4.71. The molecule has 1 aromatic heterocycles. The molecule has 2 heteroatoms. The van der Waals surface area contributed by atoms with Gasteiger partial charge in [0.2, 0.25) is 0 Å². The van der Waals surface area contributed by atoms with Crippen LogP contribution in [-0.2, 0) is 19.4 Å². The maximum absolute atomic E-state index is 4.71. The molecule has 0 amide bonds. The number of aryl methyl sites for hydroxylation is 2. The van der Waals surface area contributed by atoms with E-state index in [1.165, 1.54) is 37.1 Å². The van der Waals surface area contributed by atoms with Crippen molar-refractivity contribution in [1.29, 1.82) is 0 Å². The molecule has 2 nitrogen and oxygen atoms in total. The van der Waals surface area contributed by atoms with Crippen LogP contribution in [0.2, 0.25) is 0 Å². The largest absolute Gasteiger partial charge is 0.269 e. The van der Waals surface area contributed by atoms with Crippen molar-refractivity contribution in [3.05, 3.63) is 17.0 Å². The highest BCUT2D eigenvalue weighted by molar-refractivity contribution is 5.30. The quantitative estimate of drug-likeness (QED) is 0.704. The predicted molar refractivity (Wildman–Crippen MR) is 58.6 cm³/mol. The minimum absolute atomic E-state index is 0.615. The van der Waals surface area contributed by atoms with Crippen LogP contribution in [0.3, 0.4) is 0 Å². The summed E-state index contributed by atoms with van der Waals surface area (Å²) < 4.78 is 2.21. The van der Waals surface area contributed by atoms with E-state index in [0.717, 1.165) is 6.54 Å². The van der Waals surface area contributed by atoms with E-state index in [2.05, 4.69) is 25.5 Å². The lowest BCUT2D eigenvalue weighted by atomic mass is 9.92. The van der Waals surface area contributed by atoms with E-state index in [1.54, 1.807) is 5.56 Å². The number of fused-ring (bicyclic) bond motifs is 1. The Kier molecular flexibility index (Phi) is 2.62. The summed E-state index contributed by atoms with van der Waals surface area (Å²) in [7, 11) is 0. The van der Waals surface area contributed by atoms with Crippen LogP contribution >= 0.6 is 0 Å². The van der Waals surface area contributed by atoms with Gasteiger partial charge in [0, 0.05) is 12.2 Å². The van der Waals surface area contributed by atoms with Crippen molar-refractivity contribution in [2.75, 3.05) is 0 Å². The first kappa shape index (κ1) is 9.75. The fraction of sp³-hybridized carbons (Fsp3) is 0.750. The van der Waals surface area contributed by atoms with E-state index in [9.17, 15) is 0 Å². The molecule has 0 radical (unpaired) electrons. The van der Waals surface area contributed by atoms with Gasteiger partial charge in [-0.25, -0.2) is 0 Å². The molecule has 0 fully saturated rings. The van der Waals surface area contributed by atoms with Crippen LogP contribution in [0.15, 0.2) is 0 Å². The molecule has 0 saturated carbocycles. The minimum Gasteiger partial charge on any atom is -0.269 e. The van der Waals surface area contributed by atoms with Crippen molar-refractivity contribution in [2.24, 2.45) is 0 Å². The van der Waals surface area contributed by atoms with Crippen LogP contribution in [0.4, 0.5) is 0 Å². The van der Waals surface area contributed by atoms with Crippen molar-refractivity contribution in [3.8, 4) is 0 Å². The topological polar surface area (TPSA) is 17.8 Å². The zero-order valence-electron chi connectivity index (χ0n) is 9.51. The molecule has 78 valence electrons. The standard InChI is InChI=1S/C12H20N2/c1-4-14-12(9(2)3)10-7-5-6-8-11(10)13-14/h9H,4-8H2,1-3H3. The van der Waals surface area contributed by atoms with Gasteiger partial charge in [-0.3, -0.25) is 4.68 Å². The molecule has 0 bridgehead atoms. The first-order valence-electron chi connectivity index (χ1n) is 5.82. The van der Waals surface area contributed by atoms with Gasteiger partial charge < -0.3 is 0 Å². The summed E-state index contributed by atoms with van der Waals surface area (Å²) >= 11 is 0. The summed E-state index contributed by atoms with van der Waals surface area (Å²) in [5.41, 5.74) is 4.43. The first-order chi connectivity index (χ1) is 6.74. The third-order valence-electron chi connectivity index (χ3n) is 3.11. The van der Waals surface area contributed by atoms with Crippen LogP contribution < -0.4 is 0 Å². The lowest BCUT2D eigenvalue weighted by molar-refractivity contribution is 0.591. The molecule has 1 aliphatic carbocycles. The fourth-order valence-corrected chi connectivity index (χ4v) is 2.52. The summed E-state index contributed by atoms with van der Waals surface area (Å²) in [5, 5.41) is 4.71. The predicted octanol–water partition coefficient (Wildman–Crippen LogP) is 2.91. The van der Waals surface area contributed by atoms with Gasteiger partial charge in [-0.05, 0) is 44.1 Å². The Morgan fingerprint density at radius 1 is 1.29 bits per heavy atom. The summed E-state index contributed by atoms with van der Waals surface area (Å²) in [5.74, 6) is 0.615. The van der Waals surface area contributed by atoms with Gasteiger partial charge in [0.05, 0.1) is 5.69 Å². The third-order valence-corrected chi connectivity index (χ3v) is 3.11. The molecule has 0 atom stereocenters. The summed E-state index contributed by atoms with van der Waals surface area (Å²) in [6.45, 7) is 7.75. The van der Waals surface area contributed by atoms with Gasteiger partial charge in [-0.15, -0.1) is 0 Å². The lowest BCUT2D eigenvalue weighted by Crippen LogP contribution is -2.06. The van der Waals surface area contributed by atoms with Crippen LogP contribution in [0.5, 0.6) is 0 Å². The molecule has 1 aromatic rings. The number of hydrogen-bond donors (Lipinski definition) is 0. The normalized spacial score (nSPS) is 16.0.